The van der Waals surface area contributed by atoms with Crippen molar-refractivity contribution in [3.05, 3.63) is 22.2 Å². The number of anilines is 1. The van der Waals surface area contributed by atoms with Gasteiger partial charge in [-0.1, -0.05) is 0 Å². The number of ether oxygens (including phenoxy) is 1. The average Bonchev–Trinajstić information content (AvgIpc) is 2.04. The summed E-state index contributed by atoms with van der Waals surface area (Å²) in [6, 6.07) is 3.10. The Bertz CT molecular complexity index is 351. The maximum absolute atomic E-state index is 10.7. The highest BCUT2D eigenvalue weighted by atomic mass is 79.9. The molecule has 1 rings (SSSR count). The molecule has 0 aromatic heterocycles. The van der Waals surface area contributed by atoms with E-state index in [0.717, 1.165) is 0 Å². The summed E-state index contributed by atoms with van der Waals surface area (Å²) in [5.74, 6) is -0.630. The summed E-state index contributed by atoms with van der Waals surface area (Å²) in [7, 11) is 1.46. The van der Waals surface area contributed by atoms with E-state index in [4.69, 9.17) is 15.6 Å². The summed E-state index contributed by atoms with van der Waals surface area (Å²) < 4.78 is 5.29. The molecule has 0 aliphatic rings. The van der Waals surface area contributed by atoms with E-state index >= 15 is 0 Å². The molecule has 70 valence electrons. The third kappa shape index (κ3) is 1.75. The molecular weight excluding hydrogens is 238 g/mol. The molecule has 0 radical (unpaired) electrons. The third-order valence-electron chi connectivity index (χ3n) is 1.57. The van der Waals surface area contributed by atoms with Crippen molar-refractivity contribution >= 4 is 27.6 Å². The molecule has 0 saturated heterocycles. The summed E-state index contributed by atoms with van der Waals surface area (Å²) >= 11 is 3.11. The summed E-state index contributed by atoms with van der Waals surface area (Å²) in [5, 5.41) is 8.80. The number of benzene rings is 1. The molecule has 5 heteroatoms. The maximum Gasteiger partial charge on any atom is 0.339 e. The van der Waals surface area contributed by atoms with Crippen LogP contribution in [-0.4, -0.2) is 18.2 Å². The molecule has 0 atom stereocenters. The van der Waals surface area contributed by atoms with Gasteiger partial charge in [0.1, 0.15) is 11.3 Å². The van der Waals surface area contributed by atoms with E-state index in [9.17, 15) is 4.79 Å². The number of carbonyl (C=O) groups is 1. The number of hydrogen-bond acceptors (Lipinski definition) is 3. The van der Waals surface area contributed by atoms with Crippen LogP contribution in [0, 0.1) is 0 Å². The number of halogens is 1. The zero-order chi connectivity index (χ0) is 10.0. The lowest BCUT2D eigenvalue weighted by Crippen LogP contribution is -2.04. The van der Waals surface area contributed by atoms with Crippen molar-refractivity contribution in [3.8, 4) is 5.75 Å². The number of hydrogen-bond donors (Lipinski definition) is 2. The van der Waals surface area contributed by atoms with Gasteiger partial charge in [0.2, 0.25) is 0 Å². The van der Waals surface area contributed by atoms with E-state index in [1.54, 1.807) is 6.07 Å². The first-order valence-corrected chi connectivity index (χ1v) is 4.22. The summed E-state index contributed by atoms with van der Waals surface area (Å²) in [5.41, 5.74) is 5.72. The second-order valence-corrected chi connectivity index (χ2v) is 3.14. The Labute approximate surface area is 83.4 Å². The average molecular weight is 246 g/mol. The zero-order valence-electron chi connectivity index (χ0n) is 6.87. The lowest BCUT2D eigenvalue weighted by atomic mass is 10.2. The number of aromatic carboxylic acids is 1. The van der Waals surface area contributed by atoms with Crippen LogP contribution in [0.25, 0.3) is 0 Å². The van der Waals surface area contributed by atoms with Crippen molar-refractivity contribution in [1.82, 2.24) is 0 Å². The van der Waals surface area contributed by atoms with Crippen molar-refractivity contribution in [2.75, 3.05) is 12.8 Å². The molecule has 0 bridgehead atoms. The van der Waals surface area contributed by atoms with Crippen molar-refractivity contribution < 1.29 is 14.6 Å². The molecule has 0 spiro atoms. The summed E-state index contributed by atoms with van der Waals surface area (Å²) in [6.07, 6.45) is 0. The van der Waals surface area contributed by atoms with E-state index in [-0.39, 0.29) is 11.3 Å². The summed E-state index contributed by atoms with van der Waals surface area (Å²) in [4.78, 5) is 10.7. The predicted molar refractivity (Wildman–Crippen MR) is 52.1 cm³/mol. The normalized spacial score (nSPS) is 9.69. The molecule has 1 aromatic carbocycles. The molecule has 0 saturated carbocycles. The van der Waals surface area contributed by atoms with Gasteiger partial charge in [-0.2, -0.15) is 0 Å². The first kappa shape index (κ1) is 9.85. The monoisotopic (exact) mass is 245 g/mol. The minimum atomic E-state index is -1.08. The van der Waals surface area contributed by atoms with Crippen LogP contribution in [-0.2, 0) is 0 Å². The topological polar surface area (TPSA) is 72.5 Å². The molecule has 1 aromatic rings. The number of carboxylic acids is 1. The third-order valence-corrected chi connectivity index (χ3v) is 2.36. The van der Waals surface area contributed by atoms with Gasteiger partial charge in [0.15, 0.2) is 0 Å². The largest absolute Gasteiger partial charge is 0.496 e. The van der Waals surface area contributed by atoms with Crippen LogP contribution < -0.4 is 10.5 Å². The van der Waals surface area contributed by atoms with E-state index in [1.165, 1.54) is 13.2 Å². The standard InChI is InChI=1S/C8H8BrNO3/c1-13-5-3-2-4(10)6(7(5)9)8(11)12/h2-3H,10H2,1H3,(H,11,12). The van der Waals surface area contributed by atoms with Crippen LogP contribution in [0.5, 0.6) is 5.75 Å². The van der Waals surface area contributed by atoms with E-state index in [2.05, 4.69) is 15.9 Å². The van der Waals surface area contributed by atoms with Crippen LogP contribution in [0.1, 0.15) is 10.4 Å². The lowest BCUT2D eigenvalue weighted by molar-refractivity contribution is 0.0696. The SMILES string of the molecule is COc1ccc(N)c(C(=O)O)c1Br. The summed E-state index contributed by atoms with van der Waals surface area (Å²) in [6.45, 7) is 0. The van der Waals surface area contributed by atoms with Crippen LogP contribution in [0.15, 0.2) is 16.6 Å². The van der Waals surface area contributed by atoms with Crippen LogP contribution in [0.4, 0.5) is 5.69 Å². The molecule has 0 heterocycles. The molecule has 0 aliphatic carbocycles. The van der Waals surface area contributed by atoms with Crippen molar-refractivity contribution in [3.63, 3.8) is 0 Å². The fraction of sp³-hybridized carbons (Fsp3) is 0.125. The molecule has 13 heavy (non-hydrogen) atoms. The van der Waals surface area contributed by atoms with Gasteiger partial charge in [0.05, 0.1) is 11.6 Å². The van der Waals surface area contributed by atoms with Gasteiger partial charge in [0, 0.05) is 5.69 Å². The van der Waals surface area contributed by atoms with E-state index in [0.29, 0.717) is 10.2 Å². The van der Waals surface area contributed by atoms with E-state index in [1.807, 2.05) is 0 Å². The van der Waals surface area contributed by atoms with Crippen molar-refractivity contribution in [2.45, 2.75) is 0 Å². The smallest absolute Gasteiger partial charge is 0.339 e. The quantitative estimate of drug-likeness (QED) is 0.779. The zero-order valence-corrected chi connectivity index (χ0v) is 8.46. The molecule has 0 fully saturated rings. The van der Waals surface area contributed by atoms with Gasteiger partial charge >= 0.3 is 5.97 Å². The molecule has 4 nitrogen and oxygen atoms in total. The van der Waals surface area contributed by atoms with Gasteiger partial charge in [-0.25, -0.2) is 4.79 Å². The Hall–Kier alpha value is -1.23. The molecule has 0 aliphatic heterocycles. The second kappa shape index (κ2) is 3.66. The first-order valence-electron chi connectivity index (χ1n) is 3.43. The Morgan fingerprint density at radius 1 is 1.62 bits per heavy atom. The Morgan fingerprint density at radius 3 is 2.69 bits per heavy atom. The molecular formula is C8H8BrNO3. The number of nitrogens with two attached hydrogens (primary N) is 1. The highest BCUT2D eigenvalue weighted by molar-refractivity contribution is 9.10. The van der Waals surface area contributed by atoms with Crippen molar-refractivity contribution in [2.24, 2.45) is 0 Å². The Balaban J connectivity index is 3.38. The fourth-order valence-electron chi connectivity index (χ4n) is 0.947. The molecule has 0 amide bonds. The Morgan fingerprint density at radius 2 is 2.23 bits per heavy atom. The number of rotatable bonds is 2. The van der Waals surface area contributed by atoms with Gasteiger partial charge in [0.25, 0.3) is 0 Å². The van der Waals surface area contributed by atoms with Crippen LogP contribution in [0.3, 0.4) is 0 Å². The number of carboxylic acid groups (broad SMARTS) is 1. The van der Waals surface area contributed by atoms with Gasteiger partial charge < -0.3 is 15.6 Å². The maximum atomic E-state index is 10.7. The Kier molecular flexibility index (Phi) is 2.77. The van der Waals surface area contributed by atoms with Gasteiger partial charge in [-0.05, 0) is 28.1 Å². The van der Waals surface area contributed by atoms with E-state index < -0.39 is 5.97 Å². The van der Waals surface area contributed by atoms with Gasteiger partial charge in [-0.15, -0.1) is 0 Å². The number of nitrogen functional groups attached to an aromatic ring is 1. The predicted octanol–water partition coefficient (Wildman–Crippen LogP) is 1.74. The fourth-order valence-corrected chi connectivity index (χ4v) is 1.64. The second-order valence-electron chi connectivity index (χ2n) is 2.35. The minimum Gasteiger partial charge on any atom is -0.496 e. The lowest BCUT2D eigenvalue weighted by Gasteiger charge is -2.07. The highest BCUT2D eigenvalue weighted by Crippen LogP contribution is 2.32. The van der Waals surface area contributed by atoms with Crippen LogP contribution >= 0.6 is 15.9 Å². The molecule has 0 unspecified atom stereocenters. The van der Waals surface area contributed by atoms with Crippen molar-refractivity contribution in [1.29, 1.82) is 0 Å². The minimum absolute atomic E-state index is 0.0272. The van der Waals surface area contributed by atoms with Gasteiger partial charge in [-0.3, -0.25) is 0 Å². The number of methoxy groups -OCH3 is 1. The molecule has 3 N–H and O–H groups in total. The first-order chi connectivity index (χ1) is 6.07. The van der Waals surface area contributed by atoms with Crippen LogP contribution in [0.2, 0.25) is 0 Å². The highest BCUT2D eigenvalue weighted by Gasteiger charge is 2.15.